The number of likely N-dealkylation sites (tertiary alicyclic amines) is 1. The first kappa shape index (κ1) is 19.3. The Labute approximate surface area is 150 Å². The first-order chi connectivity index (χ1) is 11.5. The molecule has 0 N–H and O–H groups in total. The average Bonchev–Trinajstić information content (AvgIpc) is 2.57. The van der Waals surface area contributed by atoms with Crippen LogP contribution in [0.4, 0.5) is 4.39 Å². The van der Waals surface area contributed by atoms with E-state index in [2.05, 4.69) is 4.31 Å². The molecule has 2 aliphatic rings. The van der Waals surface area contributed by atoms with Gasteiger partial charge in [0.25, 0.3) is 0 Å². The fourth-order valence-corrected chi connectivity index (χ4v) is 4.52. The molecular weight excluding hydrogens is 322 g/mol. The number of amides is 1. The van der Waals surface area contributed by atoms with E-state index < -0.39 is 0 Å². The van der Waals surface area contributed by atoms with Crippen molar-refractivity contribution in [2.75, 3.05) is 26.2 Å². The fraction of sp³-hybridized carbons (Fsp3) is 0.611. The predicted molar refractivity (Wildman–Crippen MR) is 99.1 cm³/mol. The van der Waals surface area contributed by atoms with E-state index in [1.54, 1.807) is 18.0 Å². The predicted octanol–water partition coefficient (Wildman–Crippen LogP) is 2.99. The van der Waals surface area contributed by atoms with Gasteiger partial charge in [0.2, 0.25) is 5.91 Å². The highest BCUT2D eigenvalue weighted by atomic mass is 32.2. The van der Waals surface area contributed by atoms with Crippen LogP contribution >= 0.6 is 11.9 Å². The molecule has 0 aliphatic carbocycles. The summed E-state index contributed by atoms with van der Waals surface area (Å²) in [6.45, 7) is 9.60. The van der Waals surface area contributed by atoms with Gasteiger partial charge in [0.15, 0.2) is 0 Å². The van der Waals surface area contributed by atoms with Crippen molar-refractivity contribution in [2.24, 2.45) is 5.41 Å². The first-order valence-corrected chi connectivity index (χ1v) is 9.54. The van der Waals surface area contributed by atoms with Gasteiger partial charge < -0.3 is 4.90 Å². The van der Waals surface area contributed by atoms with Crippen molar-refractivity contribution in [3.05, 3.63) is 24.0 Å². The quantitative estimate of drug-likeness (QED) is 0.620. The van der Waals surface area contributed by atoms with E-state index in [1.807, 2.05) is 31.7 Å². The molecule has 6 heteroatoms. The molecule has 1 aromatic rings. The molecule has 1 spiro atoms. The van der Waals surface area contributed by atoms with E-state index in [4.69, 9.17) is 7.85 Å². The summed E-state index contributed by atoms with van der Waals surface area (Å²) in [5.74, 6) is -0.115. The fourth-order valence-electron chi connectivity index (χ4n) is 3.38. The number of carbonyl (C=O) groups excluding carboxylic acids is 1. The lowest BCUT2D eigenvalue weighted by Gasteiger charge is -2.54. The first-order valence-electron chi connectivity index (χ1n) is 8.77. The van der Waals surface area contributed by atoms with E-state index in [0.717, 1.165) is 37.5 Å². The molecule has 0 atom stereocenters. The van der Waals surface area contributed by atoms with Gasteiger partial charge >= 0.3 is 0 Å². The minimum Gasteiger partial charge on any atom is -0.341 e. The third-order valence-corrected chi connectivity index (χ3v) is 5.58. The largest absolute Gasteiger partial charge is 0.341 e. The van der Waals surface area contributed by atoms with Gasteiger partial charge in [-0.1, -0.05) is 32.3 Å². The van der Waals surface area contributed by atoms with Crippen LogP contribution in [0, 0.1) is 11.2 Å². The van der Waals surface area contributed by atoms with Crippen LogP contribution in [0.15, 0.2) is 23.1 Å². The van der Waals surface area contributed by atoms with E-state index in [-0.39, 0.29) is 22.6 Å². The third kappa shape index (κ3) is 4.34. The lowest BCUT2D eigenvalue weighted by Crippen LogP contribution is -2.63. The molecule has 24 heavy (non-hydrogen) atoms. The maximum Gasteiger partial charge on any atom is 0.222 e. The number of hydrogen-bond donors (Lipinski definition) is 0. The molecule has 0 saturated carbocycles. The zero-order chi connectivity index (χ0) is 17.7. The van der Waals surface area contributed by atoms with Gasteiger partial charge in [-0.2, -0.15) is 0 Å². The summed E-state index contributed by atoms with van der Waals surface area (Å²) in [4.78, 5) is 14.6. The number of nitrogens with zero attached hydrogens (tertiary/aromatic N) is 2. The van der Waals surface area contributed by atoms with Crippen molar-refractivity contribution < 1.29 is 9.18 Å². The topological polar surface area (TPSA) is 23.6 Å². The number of rotatable bonds is 3. The molecule has 2 heterocycles. The Balaban J connectivity index is 0.00000100. The molecule has 0 unspecified atom stereocenters. The molecule has 3 rings (SSSR count). The summed E-state index contributed by atoms with van der Waals surface area (Å²) in [6.07, 6.45) is 2.88. The van der Waals surface area contributed by atoms with Crippen LogP contribution in [0.5, 0.6) is 0 Å². The molecule has 2 aliphatic heterocycles. The second kappa shape index (κ2) is 8.39. The van der Waals surface area contributed by atoms with Crippen molar-refractivity contribution in [3.8, 4) is 0 Å². The smallest absolute Gasteiger partial charge is 0.222 e. The van der Waals surface area contributed by atoms with Crippen molar-refractivity contribution in [2.45, 2.75) is 44.9 Å². The molecule has 0 aromatic heterocycles. The number of piperidine rings is 1. The van der Waals surface area contributed by atoms with Gasteiger partial charge in [0, 0.05) is 42.9 Å². The second-order valence-corrected chi connectivity index (χ2v) is 7.52. The van der Waals surface area contributed by atoms with Gasteiger partial charge in [-0.15, -0.1) is 0 Å². The van der Waals surface area contributed by atoms with Crippen LogP contribution < -0.4 is 5.46 Å². The van der Waals surface area contributed by atoms with Crippen molar-refractivity contribution >= 4 is 31.2 Å². The van der Waals surface area contributed by atoms with Crippen molar-refractivity contribution in [1.29, 1.82) is 0 Å². The number of halogens is 1. The molecular formula is C18H26BFN2OS. The van der Waals surface area contributed by atoms with Crippen LogP contribution in [0.3, 0.4) is 0 Å². The molecule has 0 bridgehead atoms. The summed E-state index contributed by atoms with van der Waals surface area (Å²) in [7, 11) is 5.52. The third-order valence-electron chi connectivity index (χ3n) is 4.54. The molecule has 130 valence electrons. The van der Waals surface area contributed by atoms with Gasteiger partial charge in [0.1, 0.15) is 13.7 Å². The van der Waals surface area contributed by atoms with E-state index >= 15 is 0 Å². The Morgan fingerprint density at radius 2 is 2.04 bits per heavy atom. The Kier molecular flexibility index (Phi) is 6.75. The molecule has 2 saturated heterocycles. The van der Waals surface area contributed by atoms with Gasteiger partial charge in [-0.25, -0.2) is 8.70 Å². The van der Waals surface area contributed by atoms with Crippen LogP contribution in [-0.4, -0.2) is 49.1 Å². The minimum absolute atomic E-state index is 0.187. The van der Waals surface area contributed by atoms with Crippen LogP contribution in [0.2, 0.25) is 0 Å². The highest BCUT2D eigenvalue weighted by molar-refractivity contribution is 7.97. The zero-order valence-electron chi connectivity index (χ0n) is 14.8. The molecule has 2 radical (unpaired) electrons. The number of hydrogen-bond acceptors (Lipinski definition) is 3. The SMILES string of the molecule is CC.[B]c1ccc(SN2CCCC3(C2)CN(C(=O)CC)C3)cc1F. The Morgan fingerprint density at radius 1 is 1.33 bits per heavy atom. The molecule has 1 amide bonds. The summed E-state index contributed by atoms with van der Waals surface area (Å²) >= 11 is 1.59. The zero-order valence-corrected chi connectivity index (χ0v) is 15.7. The number of benzene rings is 1. The van der Waals surface area contributed by atoms with Crippen LogP contribution in [-0.2, 0) is 4.79 Å². The van der Waals surface area contributed by atoms with Gasteiger partial charge in [-0.3, -0.25) is 4.79 Å². The highest BCUT2D eigenvalue weighted by Gasteiger charge is 2.47. The summed E-state index contributed by atoms with van der Waals surface area (Å²) < 4.78 is 15.8. The average molecular weight is 348 g/mol. The number of carbonyl (C=O) groups is 1. The van der Waals surface area contributed by atoms with Crippen molar-refractivity contribution in [1.82, 2.24) is 9.21 Å². The second-order valence-electron chi connectivity index (χ2n) is 6.35. The van der Waals surface area contributed by atoms with Crippen molar-refractivity contribution in [3.63, 3.8) is 0 Å². The summed E-state index contributed by atoms with van der Waals surface area (Å²) in [5, 5.41) is 0. The Morgan fingerprint density at radius 3 is 2.67 bits per heavy atom. The van der Waals surface area contributed by atoms with E-state index in [9.17, 15) is 9.18 Å². The highest BCUT2D eigenvalue weighted by Crippen LogP contribution is 2.42. The summed E-state index contributed by atoms with van der Waals surface area (Å²) in [5.41, 5.74) is 0.426. The standard InChI is InChI=1S/C16H20BFN2OS.C2H6/c1-2-15(21)19-9-16(10-19)6-3-7-20(11-16)22-12-4-5-13(17)14(18)8-12;1-2/h4-5,8H,2-3,6-7,9-11H2,1H3;1-2H3. The van der Waals surface area contributed by atoms with Gasteiger partial charge in [-0.05, 0) is 36.9 Å². The minimum atomic E-state index is -0.361. The lowest BCUT2D eigenvalue weighted by atomic mass is 9.74. The Bertz CT molecular complexity index is 578. The normalized spacial score (nSPS) is 19.4. The summed E-state index contributed by atoms with van der Waals surface area (Å²) in [6, 6.07) is 4.97. The molecule has 2 fully saturated rings. The van der Waals surface area contributed by atoms with Crippen LogP contribution in [0.25, 0.3) is 0 Å². The van der Waals surface area contributed by atoms with Crippen LogP contribution in [0.1, 0.15) is 40.0 Å². The van der Waals surface area contributed by atoms with E-state index in [1.165, 1.54) is 12.5 Å². The molecule has 1 aromatic carbocycles. The lowest BCUT2D eigenvalue weighted by molar-refractivity contribution is -0.145. The maximum atomic E-state index is 13.5. The Hall–Kier alpha value is -1.01. The maximum absolute atomic E-state index is 13.5. The monoisotopic (exact) mass is 348 g/mol. The molecule has 3 nitrogen and oxygen atoms in total. The van der Waals surface area contributed by atoms with Gasteiger partial charge in [0.05, 0.1) is 0 Å². The van der Waals surface area contributed by atoms with E-state index in [0.29, 0.717) is 6.42 Å².